The molecule has 0 atom stereocenters. The summed E-state index contributed by atoms with van der Waals surface area (Å²) in [6.45, 7) is 6.60. The maximum absolute atomic E-state index is 10.3. The van der Waals surface area contributed by atoms with E-state index in [2.05, 4.69) is 13.5 Å². The van der Waals surface area contributed by atoms with Crippen LogP contribution in [0.15, 0.2) is 12.2 Å². The van der Waals surface area contributed by atoms with E-state index in [9.17, 15) is 4.79 Å². The SMILES string of the molecule is C=C(CCCN(C)C)C(=O)O.CCCCCCCCCCCl. The molecule has 0 fully saturated rings. The van der Waals surface area contributed by atoms with Crippen molar-refractivity contribution in [2.24, 2.45) is 0 Å². The van der Waals surface area contributed by atoms with Crippen LogP contribution in [0, 0.1) is 0 Å². The Labute approximate surface area is 142 Å². The van der Waals surface area contributed by atoms with Gasteiger partial charge in [0.25, 0.3) is 0 Å². The van der Waals surface area contributed by atoms with E-state index in [1.54, 1.807) is 0 Å². The van der Waals surface area contributed by atoms with Crippen LogP contribution >= 0.6 is 11.6 Å². The molecule has 0 heterocycles. The van der Waals surface area contributed by atoms with Gasteiger partial charge in [-0.25, -0.2) is 4.79 Å². The highest BCUT2D eigenvalue weighted by Gasteiger charge is 2.02. The molecule has 22 heavy (non-hydrogen) atoms. The smallest absolute Gasteiger partial charge is 0.330 e. The van der Waals surface area contributed by atoms with Crippen LogP contribution in [0.1, 0.15) is 71.1 Å². The zero-order valence-electron chi connectivity index (χ0n) is 14.9. The normalized spacial score (nSPS) is 10.2. The minimum atomic E-state index is -0.885. The number of carboxylic acids is 1. The van der Waals surface area contributed by atoms with Gasteiger partial charge in [0, 0.05) is 11.5 Å². The van der Waals surface area contributed by atoms with E-state index in [0.717, 1.165) is 18.8 Å². The molecule has 0 aliphatic carbocycles. The summed E-state index contributed by atoms with van der Waals surface area (Å²) in [5.41, 5.74) is 0.298. The Bertz CT molecular complexity index is 260. The van der Waals surface area contributed by atoms with Gasteiger partial charge in [-0.3, -0.25) is 0 Å². The molecule has 0 spiro atoms. The third kappa shape index (κ3) is 21.8. The Balaban J connectivity index is 0. The molecule has 0 bridgehead atoms. The van der Waals surface area contributed by atoms with Crippen molar-refractivity contribution in [3.8, 4) is 0 Å². The molecule has 4 heteroatoms. The van der Waals surface area contributed by atoms with E-state index in [1.165, 1.54) is 51.4 Å². The summed E-state index contributed by atoms with van der Waals surface area (Å²) in [6.07, 6.45) is 12.4. The van der Waals surface area contributed by atoms with Crippen molar-refractivity contribution in [2.45, 2.75) is 71.1 Å². The molecule has 0 saturated carbocycles. The van der Waals surface area contributed by atoms with Gasteiger partial charge in [-0.2, -0.15) is 0 Å². The number of halogens is 1. The second-order valence-corrected chi connectivity index (χ2v) is 6.36. The molecule has 0 aliphatic rings. The van der Waals surface area contributed by atoms with Gasteiger partial charge in [-0.1, -0.05) is 58.4 Å². The molecule has 3 nitrogen and oxygen atoms in total. The van der Waals surface area contributed by atoms with Gasteiger partial charge in [0.2, 0.25) is 0 Å². The summed E-state index contributed by atoms with van der Waals surface area (Å²) < 4.78 is 0. The molecule has 0 amide bonds. The van der Waals surface area contributed by atoms with E-state index in [-0.39, 0.29) is 0 Å². The average molecular weight is 334 g/mol. The molecule has 0 radical (unpaired) electrons. The van der Waals surface area contributed by atoms with E-state index >= 15 is 0 Å². The summed E-state index contributed by atoms with van der Waals surface area (Å²) in [4.78, 5) is 12.3. The first-order valence-electron chi connectivity index (χ1n) is 8.57. The van der Waals surface area contributed by atoms with Crippen molar-refractivity contribution in [1.29, 1.82) is 0 Å². The largest absolute Gasteiger partial charge is 0.478 e. The van der Waals surface area contributed by atoms with Crippen LogP contribution in [-0.4, -0.2) is 42.5 Å². The topological polar surface area (TPSA) is 40.5 Å². The van der Waals surface area contributed by atoms with Crippen molar-refractivity contribution in [1.82, 2.24) is 4.90 Å². The first-order valence-corrected chi connectivity index (χ1v) is 9.10. The molecule has 0 aliphatic heterocycles. The number of carbonyl (C=O) groups is 1. The minimum Gasteiger partial charge on any atom is -0.478 e. The van der Waals surface area contributed by atoms with Crippen LogP contribution in [0.4, 0.5) is 0 Å². The summed E-state index contributed by atoms with van der Waals surface area (Å²) in [7, 11) is 3.92. The van der Waals surface area contributed by atoms with Crippen molar-refractivity contribution < 1.29 is 9.90 Å². The second kappa shape index (κ2) is 18.5. The van der Waals surface area contributed by atoms with Crippen molar-refractivity contribution in [2.75, 3.05) is 26.5 Å². The minimum absolute atomic E-state index is 0.298. The fourth-order valence-corrected chi connectivity index (χ4v) is 2.13. The Morgan fingerprint density at radius 1 is 1.00 bits per heavy atom. The molecule has 0 aromatic carbocycles. The van der Waals surface area contributed by atoms with Crippen LogP contribution in [-0.2, 0) is 4.79 Å². The summed E-state index contributed by atoms with van der Waals surface area (Å²) in [5.74, 6) is -0.0432. The molecule has 0 unspecified atom stereocenters. The van der Waals surface area contributed by atoms with Crippen molar-refractivity contribution in [3.63, 3.8) is 0 Å². The third-order valence-corrected chi connectivity index (χ3v) is 3.64. The van der Waals surface area contributed by atoms with Gasteiger partial charge in [0.05, 0.1) is 0 Å². The quantitative estimate of drug-likeness (QED) is 0.281. The number of alkyl halides is 1. The molecule has 0 aromatic heterocycles. The number of rotatable bonds is 13. The molecular formula is C18H36ClNO2. The molecule has 0 rings (SSSR count). The zero-order chi connectivity index (χ0) is 17.2. The maximum Gasteiger partial charge on any atom is 0.330 e. The number of hydrogen-bond acceptors (Lipinski definition) is 2. The lowest BCUT2D eigenvalue weighted by atomic mass is 10.1. The standard InChI is InChI=1S/C10H21Cl.C8H15NO2/c1-2-3-4-5-6-7-8-9-10-11;1-7(8(10)11)5-4-6-9(2)3/h2-10H2,1H3;1,4-6H2,2-3H3,(H,10,11). The number of aliphatic carboxylic acids is 1. The monoisotopic (exact) mass is 333 g/mol. The van der Waals surface area contributed by atoms with Gasteiger partial charge in [-0.15, -0.1) is 11.6 Å². The molecule has 132 valence electrons. The van der Waals surface area contributed by atoms with E-state index < -0.39 is 5.97 Å². The van der Waals surface area contributed by atoms with Crippen molar-refractivity contribution in [3.05, 3.63) is 12.2 Å². The predicted octanol–water partition coefficient (Wildman–Crippen LogP) is 5.33. The number of nitrogens with zero attached hydrogens (tertiary/aromatic N) is 1. The zero-order valence-corrected chi connectivity index (χ0v) is 15.6. The van der Waals surface area contributed by atoms with Crippen LogP contribution in [0.2, 0.25) is 0 Å². The fraction of sp³-hybridized carbons (Fsp3) is 0.833. The number of unbranched alkanes of at least 4 members (excludes halogenated alkanes) is 7. The molecular weight excluding hydrogens is 298 g/mol. The van der Waals surface area contributed by atoms with Gasteiger partial charge >= 0.3 is 5.97 Å². The van der Waals surface area contributed by atoms with Crippen LogP contribution in [0.5, 0.6) is 0 Å². The van der Waals surface area contributed by atoms with E-state index in [4.69, 9.17) is 16.7 Å². The van der Waals surface area contributed by atoms with Crippen LogP contribution in [0.25, 0.3) is 0 Å². The predicted molar refractivity (Wildman–Crippen MR) is 97.9 cm³/mol. The molecule has 0 aromatic rings. The lowest BCUT2D eigenvalue weighted by Gasteiger charge is -2.08. The van der Waals surface area contributed by atoms with Gasteiger partial charge in [-0.05, 0) is 39.9 Å². The molecule has 0 saturated heterocycles. The molecule has 1 N–H and O–H groups in total. The first kappa shape index (κ1) is 23.7. The summed E-state index contributed by atoms with van der Waals surface area (Å²) in [6, 6.07) is 0. The van der Waals surface area contributed by atoms with Gasteiger partial charge in [0.1, 0.15) is 0 Å². The van der Waals surface area contributed by atoms with Crippen LogP contribution < -0.4 is 0 Å². The second-order valence-electron chi connectivity index (χ2n) is 5.98. The average Bonchev–Trinajstić information content (AvgIpc) is 2.46. The van der Waals surface area contributed by atoms with E-state index in [0.29, 0.717) is 12.0 Å². The highest BCUT2D eigenvalue weighted by Crippen LogP contribution is 2.08. The fourth-order valence-electron chi connectivity index (χ4n) is 1.94. The highest BCUT2D eigenvalue weighted by atomic mass is 35.5. The maximum atomic E-state index is 10.3. The summed E-state index contributed by atoms with van der Waals surface area (Å²) >= 11 is 5.56. The highest BCUT2D eigenvalue weighted by molar-refractivity contribution is 6.17. The number of carboxylic acid groups (broad SMARTS) is 1. The lowest BCUT2D eigenvalue weighted by molar-refractivity contribution is -0.132. The lowest BCUT2D eigenvalue weighted by Crippen LogP contribution is -2.13. The first-order chi connectivity index (χ1) is 10.5. The van der Waals surface area contributed by atoms with Gasteiger partial charge < -0.3 is 10.0 Å². The van der Waals surface area contributed by atoms with E-state index in [1.807, 2.05) is 19.0 Å². The summed E-state index contributed by atoms with van der Waals surface area (Å²) in [5, 5.41) is 8.43. The van der Waals surface area contributed by atoms with Gasteiger partial charge in [0.15, 0.2) is 0 Å². The Morgan fingerprint density at radius 2 is 1.50 bits per heavy atom. The van der Waals surface area contributed by atoms with Crippen LogP contribution in [0.3, 0.4) is 0 Å². The Hall–Kier alpha value is -0.540. The Morgan fingerprint density at radius 3 is 1.91 bits per heavy atom. The number of hydrogen-bond donors (Lipinski definition) is 1. The Kier molecular flexibility index (Phi) is 20.0. The third-order valence-electron chi connectivity index (χ3n) is 3.37. The van der Waals surface area contributed by atoms with Crippen molar-refractivity contribution >= 4 is 17.6 Å².